The Labute approximate surface area is 152 Å². The Morgan fingerprint density at radius 3 is 2.20 bits per heavy atom. The van der Waals surface area contributed by atoms with E-state index in [1.165, 1.54) is 16.7 Å². The van der Waals surface area contributed by atoms with Gasteiger partial charge < -0.3 is 9.64 Å². The van der Waals surface area contributed by atoms with Crippen LogP contribution < -0.4 is 0 Å². The molecule has 1 amide bonds. The lowest BCUT2D eigenvalue weighted by Gasteiger charge is -2.38. The lowest BCUT2D eigenvalue weighted by atomic mass is 9.89. The predicted octanol–water partition coefficient (Wildman–Crippen LogP) is 5.49. The quantitative estimate of drug-likeness (QED) is 0.711. The first-order chi connectivity index (χ1) is 11.7. The number of rotatable bonds is 2. The number of piperidine rings is 1. The molecular formula is C22H31NO2. The Bertz CT molecular complexity index is 637. The molecule has 2 heterocycles. The van der Waals surface area contributed by atoms with E-state index >= 15 is 0 Å². The molecule has 0 saturated carbocycles. The third-order valence-electron chi connectivity index (χ3n) is 5.45. The summed E-state index contributed by atoms with van der Waals surface area (Å²) in [6.07, 6.45) is 8.85. The number of carbonyl (C=O) groups is 1. The third-order valence-corrected chi connectivity index (χ3v) is 5.45. The van der Waals surface area contributed by atoms with Crippen molar-refractivity contribution in [2.24, 2.45) is 5.92 Å². The van der Waals surface area contributed by atoms with Crippen LogP contribution in [0, 0.1) is 19.8 Å². The van der Waals surface area contributed by atoms with E-state index in [2.05, 4.69) is 44.2 Å². The number of benzene rings is 1. The summed E-state index contributed by atoms with van der Waals surface area (Å²) in [7, 11) is 0. The smallest absolute Gasteiger partial charge is 0.410 e. The molecule has 0 aromatic heterocycles. The topological polar surface area (TPSA) is 29.5 Å². The predicted molar refractivity (Wildman–Crippen MR) is 103 cm³/mol. The Morgan fingerprint density at radius 2 is 1.68 bits per heavy atom. The van der Waals surface area contributed by atoms with Gasteiger partial charge in [-0.25, -0.2) is 4.79 Å². The molecule has 0 aliphatic carbocycles. The summed E-state index contributed by atoms with van der Waals surface area (Å²) in [6, 6.07) is 7.12. The van der Waals surface area contributed by atoms with Crippen LogP contribution in [0.5, 0.6) is 0 Å². The standard InChI is InChI=1S/C22H31NO2/c1-15-7-6-8-16(2)20(15)12-9-17-13-18-10-11-19(14-17)23(18)21(24)25-22(3,4)5/h6-9,12,17-19H,10-11,13-14H2,1-5H3. The van der Waals surface area contributed by atoms with E-state index in [-0.39, 0.29) is 6.09 Å². The molecule has 2 atom stereocenters. The highest BCUT2D eigenvalue weighted by Crippen LogP contribution is 2.40. The first-order valence-corrected chi connectivity index (χ1v) is 9.50. The van der Waals surface area contributed by atoms with E-state index in [9.17, 15) is 4.79 Å². The van der Waals surface area contributed by atoms with Gasteiger partial charge in [-0.3, -0.25) is 0 Å². The summed E-state index contributed by atoms with van der Waals surface area (Å²) in [5, 5.41) is 0. The normalized spacial score (nSPS) is 26.3. The van der Waals surface area contributed by atoms with Gasteiger partial charge in [-0.15, -0.1) is 0 Å². The van der Waals surface area contributed by atoms with Crippen molar-refractivity contribution in [3.63, 3.8) is 0 Å². The average Bonchev–Trinajstić information content (AvgIpc) is 2.76. The highest BCUT2D eigenvalue weighted by Gasteiger charge is 2.44. The minimum absolute atomic E-state index is 0.128. The monoisotopic (exact) mass is 341 g/mol. The second-order valence-electron chi connectivity index (χ2n) is 8.67. The van der Waals surface area contributed by atoms with Gasteiger partial charge in [-0.2, -0.15) is 0 Å². The molecule has 1 aromatic rings. The number of amides is 1. The number of hydrogen-bond donors (Lipinski definition) is 0. The van der Waals surface area contributed by atoms with Gasteiger partial charge in [-0.05, 0) is 82.9 Å². The van der Waals surface area contributed by atoms with E-state index in [1.54, 1.807) is 0 Å². The summed E-state index contributed by atoms with van der Waals surface area (Å²) in [6.45, 7) is 10.1. The Kier molecular flexibility index (Phi) is 4.95. The lowest BCUT2D eigenvalue weighted by Crippen LogP contribution is -2.48. The molecule has 1 aromatic carbocycles. The first-order valence-electron chi connectivity index (χ1n) is 9.50. The summed E-state index contributed by atoms with van der Waals surface area (Å²) in [5.41, 5.74) is 3.57. The van der Waals surface area contributed by atoms with Crippen LogP contribution in [0.2, 0.25) is 0 Å². The number of carbonyl (C=O) groups excluding carboxylic acids is 1. The van der Waals surface area contributed by atoms with Gasteiger partial charge in [0.25, 0.3) is 0 Å². The zero-order chi connectivity index (χ0) is 18.2. The number of ether oxygens (including phenoxy) is 1. The molecule has 0 N–H and O–H groups in total. The van der Waals surface area contributed by atoms with Crippen molar-refractivity contribution in [1.82, 2.24) is 4.90 Å². The molecule has 2 saturated heterocycles. The Morgan fingerprint density at radius 1 is 1.12 bits per heavy atom. The van der Waals surface area contributed by atoms with Gasteiger partial charge >= 0.3 is 6.09 Å². The van der Waals surface area contributed by atoms with E-state index in [0.717, 1.165) is 25.7 Å². The highest BCUT2D eigenvalue weighted by molar-refractivity contribution is 5.69. The lowest BCUT2D eigenvalue weighted by molar-refractivity contribution is 0.00454. The number of aryl methyl sites for hydroxylation is 2. The van der Waals surface area contributed by atoms with Gasteiger partial charge in [0.1, 0.15) is 5.60 Å². The molecule has 3 rings (SSSR count). The largest absolute Gasteiger partial charge is 0.444 e. The molecule has 2 fully saturated rings. The second-order valence-corrected chi connectivity index (χ2v) is 8.67. The maximum absolute atomic E-state index is 12.5. The van der Waals surface area contributed by atoms with Gasteiger partial charge in [0, 0.05) is 12.1 Å². The molecular weight excluding hydrogens is 310 g/mol. The fourth-order valence-corrected chi connectivity index (χ4v) is 4.31. The maximum Gasteiger partial charge on any atom is 0.410 e. The van der Waals surface area contributed by atoms with Crippen molar-refractivity contribution in [2.45, 2.75) is 78.0 Å². The van der Waals surface area contributed by atoms with Gasteiger partial charge in [0.05, 0.1) is 0 Å². The molecule has 0 spiro atoms. The van der Waals surface area contributed by atoms with Gasteiger partial charge in [0.2, 0.25) is 0 Å². The van der Waals surface area contributed by atoms with Gasteiger partial charge in [0.15, 0.2) is 0 Å². The molecule has 3 nitrogen and oxygen atoms in total. The van der Waals surface area contributed by atoms with Crippen LogP contribution in [0.15, 0.2) is 24.3 Å². The molecule has 2 aliphatic rings. The average molecular weight is 341 g/mol. The van der Waals surface area contributed by atoms with Crippen LogP contribution in [-0.4, -0.2) is 28.7 Å². The number of nitrogens with zero attached hydrogens (tertiary/aromatic N) is 1. The van der Waals surface area contributed by atoms with Crippen molar-refractivity contribution in [1.29, 1.82) is 0 Å². The van der Waals surface area contributed by atoms with Crippen molar-refractivity contribution >= 4 is 12.2 Å². The Hall–Kier alpha value is -1.77. The summed E-state index contributed by atoms with van der Waals surface area (Å²) in [4.78, 5) is 14.6. The summed E-state index contributed by atoms with van der Waals surface area (Å²) < 4.78 is 5.62. The maximum atomic E-state index is 12.5. The fraction of sp³-hybridized carbons (Fsp3) is 0.591. The van der Waals surface area contributed by atoms with E-state index < -0.39 is 5.60 Å². The van der Waals surface area contributed by atoms with Crippen LogP contribution >= 0.6 is 0 Å². The minimum atomic E-state index is -0.421. The number of allylic oxidation sites excluding steroid dienone is 1. The van der Waals surface area contributed by atoms with Crippen LogP contribution in [-0.2, 0) is 4.74 Å². The number of fused-ring (bicyclic) bond motifs is 2. The molecule has 136 valence electrons. The SMILES string of the molecule is Cc1cccc(C)c1C=CC1CC2CCC(C1)N2C(=O)OC(C)(C)C. The van der Waals surface area contributed by atoms with Crippen LogP contribution in [0.3, 0.4) is 0 Å². The van der Waals surface area contributed by atoms with Crippen molar-refractivity contribution in [2.75, 3.05) is 0 Å². The molecule has 3 heteroatoms. The first kappa shape index (κ1) is 18.0. The number of hydrogen-bond acceptors (Lipinski definition) is 2. The highest BCUT2D eigenvalue weighted by atomic mass is 16.6. The minimum Gasteiger partial charge on any atom is -0.444 e. The summed E-state index contributed by atoms with van der Waals surface area (Å²) in [5.74, 6) is 0.551. The van der Waals surface area contributed by atoms with E-state index in [0.29, 0.717) is 18.0 Å². The third kappa shape index (κ3) is 4.08. The van der Waals surface area contributed by atoms with Crippen molar-refractivity contribution < 1.29 is 9.53 Å². The molecule has 2 bridgehead atoms. The van der Waals surface area contributed by atoms with E-state index in [4.69, 9.17) is 4.74 Å². The molecule has 2 aliphatic heterocycles. The van der Waals surface area contributed by atoms with Crippen LogP contribution in [0.4, 0.5) is 4.79 Å². The zero-order valence-electron chi connectivity index (χ0n) is 16.2. The van der Waals surface area contributed by atoms with Gasteiger partial charge in [-0.1, -0.05) is 30.4 Å². The fourth-order valence-electron chi connectivity index (χ4n) is 4.31. The Balaban J connectivity index is 1.68. The zero-order valence-corrected chi connectivity index (χ0v) is 16.2. The van der Waals surface area contributed by atoms with Crippen LogP contribution in [0.1, 0.15) is 63.1 Å². The second kappa shape index (κ2) is 6.86. The summed E-state index contributed by atoms with van der Waals surface area (Å²) >= 11 is 0. The van der Waals surface area contributed by atoms with E-state index in [1.807, 2.05) is 25.7 Å². The molecule has 0 radical (unpaired) electrons. The molecule has 25 heavy (non-hydrogen) atoms. The van der Waals surface area contributed by atoms with Crippen LogP contribution in [0.25, 0.3) is 6.08 Å². The molecule has 2 unspecified atom stereocenters. The van der Waals surface area contributed by atoms with Crippen molar-refractivity contribution in [3.8, 4) is 0 Å². The van der Waals surface area contributed by atoms with Crippen molar-refractivity contribution in [3.05, 3.63) is 41.0 Å².